The second-order valence-electron chi connectivity index (χ2n) is 6.91. The minimum absolute atomic E-state index is 0.0542. The first-order valence-electron chi connectivity index (χ1n) is 9.08. The summed E-state index contributed by atoms with van der Waals surface area (Å²) in [7, 11) is 0. The Hall–Kier alpha value is -2.86. The number of Topliss-reactive ketones (excluding diaryl/α,β-unsaturated/α-hetero) is 1. The average molecular weight is 367 g/mol. The van der Waals surface area contributed by atoms with Crippen LogP contribution in [0.1, 0.15) is 40.8 Å². The van der Waals surface area contributed by atoms with Crippen LogP contribution >= 0.6 is 0 Å². The number of hydrogen-bond donors (Lipinski definition) is 1. The Morgan fingerprint density at radius 1 is 1.22 bits per heavy atom. The smallest absolute Gasteiger partial charge is 0.290 e. The number of aliphatic hydroxyl groups excluding tert-OH is 1. The number of ether oxygens (including phenoxy) is 1. The van der Waals surface area contributed by atoms with Crippen molar-refractivity contribution in [2.75, 3.05) is 13.2 Å². The molecule has 0 spiro atoms. The van der Waals surface area contributed by atoms with Gasteiger partial charge in [-0.15, -0.1) is 0 Å². The van der Waals surface area contributed by atoms with E-state index in [2.05, 4.69) is 0 Å². The van der Waals surface area contributed by atoms with Gasteiger partial charge in [-0.05, 0) is 37.5 Å². The molecule has 4 rings (SSSR count). The van der Waals surface area contributed by atoms with Gasteiger partial charge < -0.3 is 19.2 Å². The highest BCUT2D eigenvalue weighted by Gasteiger charge is 2.45. The molecule has 27 heavy (non-hydrogen) atoms. The van der Waals surface area contributed by atoms with Crippen LogP contribution in [0.4, 0.5) is 0 Å². The number of ketones is 1. The molecule has 1 amide bonds. The Balaban J connectivity index is 1.74. The number of amides is 1. The first kappa shape index (κ1) is 17.5. The Labute approximate surface area is 157 Å². The maximum atomic E-state index is 13.1. The molecule has 1 N–H and O–H groups in total. The van der Waals surface area contributed by atoms with E-state index in [4.69, 9.17) is 9.15 Å². The topological polar surface area (TPSA) is 80.0 Å². The van der Waals surface area contributed by atoms with Crippen LogP contribution in [0.25, 0.3) is 0 Å². The normalized spacial score (nSPS) is 22.7. The first-order valence-corrected chi connectivity index (χ1v) is 9.08. The van der Waals surface area contributed by atoms with Crippen molar-refractivity contribution in [2.45, 2.75) is 31.9 Å². The predicted molar refractivity (Wildman–Crippen MR) is 97.3 cm³/mol. The van der Waals surface area contributed by atoms with Crippen molar-refractivity contribution in [3.63, 3.8) is 0 Å². The fourth-order valence-corrected chi connectivity index (χ4v) is 3.75. The summed E-state index contributed by atoms with van der Waals surface area (Å²) in [6.07, 6.45) is 1.71. The van der Waals surface area contributed by atoms with Crippen molar-refractivity contribution in [2.24, 2.45) is 0 Å². The second-order valence-corrected chi connectivity index (χ2v) is 6.91. The van der Waals surface area contributed by atoms with Crippen LogP contribution in [-0.2, 0) is 9.53 Å². The number of hydrogen-bond acceptors (Lipinski definition) is 5. The first-order chi connectivity index (χ1) is 13.1. The summed E-state index contributed by atoms with van der Waals surface area (Å²) in [5, 5.41) is 10.6. The molecule has 0 aliphatic carbocycles. The molecule has 2 aliphatic rings. The number of furan rings is 1. The Bertz CT molecular complexity index is 892. The van der Waals surface area contributed by atoms with Gasteiger partial charge in [0.05, 0.1) is 17.7 Å². The molecule has 3 heterocycles. The Kier molecular flexibility index (Phi) is 4.58. The molecule has 2 unspecified atom stereocenters. The minimum Gasteiger partial charge on any atom is -0.503 e. The summed E-state index contributed by atoms with van der Waals surface area (Å²) in [5.74, 6) is -0.832. The summed E-state index contributed by atoms with van der Waals surface area (Å²) in [5.41, 5.74) is 0.818. The lowest BCUT2D eigenvalue weighted by molar-refractivity contribution is -0.131. The van der Waals surface area contributed by atoms with Crippen LogP contribution in [0.15, 0.2) is 58.2 Å². The summed E-state index contributed by atoms with van der Waals surface area (Å²) in [6.45, 7) is 2.74. The molecule has 6 nitrogen and oxygen atoms in total. The van der Waals surface area contributed by atoms with Gasteiger partial charge in [0.2, 0.25) is 5.78 Å². The number of aliphatic hydroxyl groups is 1. The Morgan fingerprint density at radius 2 is 2.00 bits per heavy atom. The third-order valence-electron chi connectivity index (χ3n) is 5.05. The maximum Gasteiger partial charge on any atom is 0.290 e. The molecule has 1 aromatic carbocycles. The number of rotatable bonds is 5. The quantitative estimate of drug-likeness (QED) is 0.820. The molecule has 2 aliphatic heterocycles. The summed E-state index contributed by atoms with van der Waals surface area (Å²) >= 11 is 0. The van der Waals surface area contributed by atoms with Crippen molar-refractivity contribution < 1.29 is 23.8 Å². The number of carbonyl (C=O) groups is 2. The number of aryl methyl sites for hydroxylation is 1. The van der Waals surface area contributed by atoms with Crippen molar-refractivity contribution in [3.05, 3.63) is 70.9 Å². The third-order valence-corrected chi connectivity index (χ3v) is 5.05. The Morgan fingerprint density at radius 3 is 2.63 bits per heavy atom. The molecule has 2 atom stereocenters. The molecule has 6 heteroatoms. The number of nitrogens with zero attached hydrogens (tertiary/aromatic N) is 1. The summed E-state index contributed by atoms with van der Waals surface area (Å²) in [4.78, 5) is 27.4. The molecule has 2 aromatic rings. The molecule has 0 saturated carbocycles. The van der Waals surface area contributed by atoms with E-state index in [0.717, 1.165) is 18.4 Å². The zero-order chi connectivity index (χ0) is 19.0. The van der Waals surface area contributed by atoms with Crippen LogP contribution in [0.3, 0.4) is 0 Å². The van der Waals surface area contributed by atoms with E-state index in [1.54, 1.807) is 19.1 Å². The third kappa shape index (κ3) is 3.17. The van der Waals surface area contributed by atoms with Gasteiger partial charge in [0, 0.05) is 13.2 Å². The summed E-state index contributed by atoms with van der Waals surface area (Å²) < 4.78 is 11.1. The SMILES string of the molecule is Cc1ccc(C(=O)C2=C(O)C(=O)N(CC3CCCO3)C2c2ccccc2)o1. The molecule has 140 valence electrons. The zero-order valence-corrected chi connectivity index (χ0v) is 15.1. The largest absolute Gasteiger partial charge is 0.503 e. The van der Waals surface area contributed by atoms with E-state index < -0.39 is 23.5 Å². The molecule has 1 aromatic heterocycles. The predicted octanol–water partition coefficient (Wildman–Crippen LogP) is 3.35. The van der Waals surface area contributed by atoms with E-state index in [0.29, 0.717) is 18.9 Å². The molecule has 1 saturated heterocycles. The van der Waals surface area contributed by atoms with E-state index >= 15 is 0 Å². The average Bonchev–Trinajstić information content (AvgIpc) is 3.39. The molecule has 0 radical (unpaired) electrons. The monoisotopic (exact) mass is 367 g/mol. The van der Waals surface area contributed by atoms with Crippen molar-refractivity contribution >= 4 is 11.7 Å². The van der Waals surface area contributed by atoms with Crippen LogP contribution in [-0.4, -0.2) is 41.0 Å². The van der Waals surface area contributed by atoms with Crippen molar-refractivity contribution in [1.29, 1.82) is 0 Å². The second kappa shape index (κ2) is 7.04. The van der Waals surface area contributed by atoms with Gasteiger partial charge in [-0.3, -0.25) is 9.59 Å². The van der Waals surface area contributed by atoms with E-state index in [1.165, 1.54) is 4.90 Å². The van der Waals surface area contributed by atoms with E-state index in [9.17, 15) is 14.7 Å². The lowest BCUT2D eigenvalue weighted by atomic mass is 9.95. The van der Waals surface area contributed by atoms with Gasteiger partial charge in [-0.2, -0.15) is 0 Å². The maximum absolute atomic E-state index is 13.1. The van der Waals surface area contributed by atoms with Gasteiger partial charge in [-0.1, -0.05) is 30.3 Å². The number of carbonyl (C=O) groups excluding carboxylic acids is 2. The molecule has 1 fully saturated rings. The number of benzene rings is 1. The summed E-state index contributed by atoms with van der Waals surface area (Å²) in [6, 6.07) is 11.8. The molecule has 0 bridgehead atoms. The lowest BCUT2D eigenvalue weighted by Gasteiger charge is -2.28. The van der Waals surface area contributed by atoms with Crippen molar-refractivity contribution in [3.8, 4) is 0 Å². The highest BCUT2D eigenvalue weighted by Crippen LogP contribution is 2.39. The highest BCUT2D eigenvalue weighted by molar-refractivity contribution is 6.15. The van der Waals surface area contributed by atoms with E-state index in [-0.39, 0.29) is 17.4 Å². The highest BCUT2D eigenvalue weighted by atomic mass is 16.5. The van der Waals surface area contributed by atoms with Crippen LogP contribution < -0.4 is 0 Å². The fraction of sp³-hybridized carbons (Fsp3) is 0.333. The van der Waals surface area contributed by atoms with Crippen LogP contribution in [0.5, 0.6) is 0 Å². The standard InChI is InChI=1S/C21H21NO5/c1-13-9-10-16(27-13)19(23)17-18(14-6-3-2-4-7-14)22(21(25)20(17)24)12-15-8-5-11-26-15/h2-4,6-7,9-10,15,18,24H,5,8,11-12H2,1H3. The van der Waals surface area contributed by atoms with Crippen LogP contribution in [0, 0.1) is 6.92 Å². The van der Waals surface area contributed by atoms with E-state index in [1.807, 2.05) is 30.3 Å². The van der Waals surface area contributed by atoms with Gasteiger partial charge >= 0.3 is 0 Å². The van der Waals surface area contributed by atoms with Gasteiger partial charge in [0.25, 0.3) is 5.91 Å². The van der Waals surface area contributed by atoms with Gasteiger partial charge in [0.15, 0.2) is 11.5 Å². The molecular formula is C21H21NO5. The molecular weight excluding hydrogens is 346 g/mol. The van der Waals surface area contributed by atoms with Gasteiger partial charge in [-0.25, -0.2) is 0 Å². The fourth-order valence-electron chi connectivity index (χ4n) is 3.75. The van der Waals surface area contributed by atoms with Crippen LogP contribution in [0.2, 0.25) is 0 Å². The zero-order valence-electron chi connectivity index (χ0n) is 15.1. The lowest BCUT2D eigenvalue weighted by Crippen LogP contribution is -2.37. The van der Waals surface area contributed by atoms with Crippen molar-refractivity contribution in [1.82, 2.24) is 4.90 Å². The minimum atomic E-state index is -0.666. The van der Waals surface area contributed by atoms with Gasteiger partial charge in [0.1, 0.15) is 5.76 Å².